The minimum atomic E-state index is 0.378. The Morgan fingerprint density at radius 1 is 1.04 bits per heavy atom. The first-order chi connectivity index (χ1) is 13.8. The van der Waals surface area contributed by atoms with Crippen LogP contribution in [-0.2, 0) is 31.0 Å². The van der Waals surface area contributed by atoms with Gasteiger partial charge in [0.1, 0.15) is 5.75 Å². The zero-order chi connectivity index (χ0) is 19.2. The van der Waals surface area contributed by atoms with E-state index >= 15 is 0 Å². The fraction of sp³-hybridized carbons (Fsp3) is 0.364. The van der Waals surface area contributed by atoms with Crippen LogP contribution in [0.25, 0.3) is 0 Å². The van der Waals surface area contributed by atoms with Crippen LogP contribution in [0, 0.1) is 5.92 Å². The molecule has 3 aromatic rings. The molecule has 0 fully saturated rings. The van der Waals surface area contributed by atoms with Crippen molar-refractivity contribution in [3.05, 3.63) is 77.9 Å². The van der Waals surface area contributed by atoms with Crippen LogP contribution in [0.5, 0.6) is 5.75 Å². The summed E-state index contributed by atoms with van der Waals surface area (Å²) >= 11 is 0. The molecule has 1 aliphatic rings. The third-order valence-corrected chi connectivity index (χ3v) is 5.03. The number of rotatable bonds is 7. The molecule has 0 bridgehead atoms. The van der Waals surface area contributed by atoms with Crippen LogP contribution in [0.4, 0.5) is 0 Å². The van der Waals surface area contributed by atoms with E-state index in [4.69, 9.17) is 9.47 Å². The maximum atomic E-state index is 5.99. The fourth-order valence-corrected chi connectivity index (χ4v) is 3.65. The number of methoxy groups -OCH3 is 1. The molecule has 0 radical (unpaired) electrons. The lowest BCUT2D eigenvalue weighted by atomic mass is 10.1. The minimum Gasteiger partial charge on any atom is -0.497 e. The molecule has 6 heteroatoms. The predicted octanol–water partition coefficient (Wildman–Crippen LogP) is 3.14. The summed E-state index contributed by atoms with van der Waals surface area (Å²) in [6.45, 7) is 4.87. The Morgan fingerprint density at radius 2 is 1.93 bits per heavy atom. The van der Waals surface area contributed by atoms with E-state index in [0.29, 0.717) is 19.1 Å². The molecule has 0 N–H and O–H groups in total. The molecule has 1 atom stereocenters. The number of aromatic nitrogens is 3. The molecule has 0 spiro atoms. The second-order valence-corrected chi connectivity index (χ2v) is 7.22. The Kier molecular flexibility index (Phi) is 5.99. The molecule has 4 rings (SSSR count). The summed E-state index contributed by atoms with van der Waals surface area (Å²) in [5, 5.41) is 4.50. The monoisotopic (exact) mass is 378 g/mol. The van der Waals surface area contributed by atoms with E-state index in [0.717, 1.165) is 37.6 Å². The zero-order valence-electron chi connectivity index (χ0n) is 16.2. The van der Waals surface area contributed by atoms with Crippen molar-refractivity contribution in [1.82, 2.24) is 19.7 Å². The zero-order valence-corrected chi connectivity index (χ0v) is 16.2. The number of nitrogens with zero attached hydrogens (tertiary/aromatic N) is 4. The van der Waals surface area contributed by atoms with Gasteiger partial charge in [-0.2, -0.15) is 5.10 Å². The summed E-state index contributed by atoms with van der Waals surface area (Å²) in [7, 11) is 1.69. The maximum absolute atomic E-state index is 5.99. The molecule has 3 heterocycles. The van der Waals surface area contributed by atoms with Crippen LogP contribution in [0.2, 0.25) is 0 Å². The lowest BCUT2D eigenvalue weighted by Gasteiger charge is -2.24. The van der Waals surface area contributed by atoms with E-state index in [9.17, 15) is 0 Å². The predicted molar refractivity (Wildman–Crippen MR) is 107 cm³/mol. The molecule has 6 nitrogen and oxygen atoms in total. The van der Waals surface area contributed by atoms with Crippen molar-refractivity contribution < 1.29 is 9.47 Å². The standard InChI is InChI=1S/C22H26N4O2/c1-27-22-7-5-18(6-8-22)12-25-13-19(14-26-21(15-25)9-11-24-26)16-28-17-20-4-2-3-10-23-20/h2-11,19H,12-17H2,1H3. The number of hydrogen-bond donors (Lipinski definition) is 0. The Bertz CT molecular complexity index is 864. The number of hydrogen-bond acceptors (Lipinski definition) is 5. The van der Waals surface area contributed by atoms with Crippen LogP contribution >= 0.6 is 0 Å². The Hall–Kier alpha value is -2.70. The van der Waals surface area contributed by atoms with E-state index in [1.807, 2.05) is 36.5 Å². The summed E-state index contributed by atoms with van der Waals surface area (Å²) in [5.74, 6) is 1.27. The third-order valence-electron chi connectivity index (χ3n) is 5.03. The number of fused-ring (bicyclic) bond motifs is 1. The summed E-state index contributed by atoms with van der Waals surface area (Å²) in [6, 6.07) is 16.3. The summed E-state index contributed by atoms with van der Waals surface area (Å²) in [4.78, 5) is 6.80. The average molecular weight is 378 g/mol. The lowest BCUT2D eigenvalue weighted by molar-refractivity contribution is 0.0640. The van der Waals surface area contributed by atoms with Crippen molar-refractivity contribution in [1.29, 1.82) is 0 Å². The first-order valence-electron chi connectivity index (χ1n) is 9.64. The van der Waals surface area contributed by atoms with Gasteiger partial charge >= 0.3 is 0 Å². The van der Waals surface area contributed by atoms with Gasteiger partial charge in [-0.15, -0.1) is 0 Å². The molecule has 1 unspecified atom stereocenters. The fourth-order valence-electron chi connectivity index (χ4n) is 3.65. The second kappa shape index (κ2) is 8.99. The van der Waals surface area contributed by atoms with Gasteiger partial charge in [-0.3, -0.25) is 14.6 Å². The average Bonchev–Trinajstić information content (AvgIpc) is 3.09. The molecule has 2 aromatic heterocycles. The SMILES string of the molecule is COc1ccc(CN2Cc3ccnn3CC(COCc3ccccn3)C2)cc1. The first-order valence-corrected chi connectivity index (χ1v) is 9.64. The van der Waals surface area contributed by atoms with Crippen LogP contribution < -0.4 is 4.74 Å². The molecule has 0 amide bonds. The van der Waals surface area contributed by atoms with Crippen molar-refractivity contribution >= 4 is 0 Å². The van der Waals surface area contributed by atoms with Gasteiger partial charge in [0.05, 0.1) is 31.7 Å². The highest BCUT2D eigenvalue weighted by atomic mass is 16.5. The highest BCUT2D eigenvalue weighted by Crippen LogP contribution is 2.20. The highest BCUT2D eigenvalue weighted by molar-refractivity contribution is 5.27. The van der Waals surface area contributed by atoms with Crippen molar-refractivity contribution in [2.45, 2.75) is 26.2 Å². The van der Waals surface area contributed by atoms with Gasteiger partial charge < -0.3 is 9.47 Å². The topological polar surface area (TPSA) is 52.4 Å². The van der Waals surface area contributed by atoms with Gasteiger partial charge in [0.15, 0.2) is 0 Å². The first kappa shape index (κ1) is 18.7. The van der Waals surface area contributed by atoms with Crippen molar-refractivity contribution in [3.63, 3.8) is 0 Å². The molecule has 28 heavy (non-hydrogen) atoms. The maximum Gasteiger partial charge on any atom is 0.118 e. The summed E-state index contributed by atoms with van der Waals surface area (Å²) in [5.41, 5.74) is 3.49. The smallest absolute Gasteiger partial charge is 0.118 e. The van der Waals surface area contributed by atoms with Crippen molar-refractivity contribution in [2.75, 3.05) is 20.3 Å². The van der Waals surface area contributed by atoms with Gasteiger partial charge in [-0.1, -0.05) is 18.2 Å². The Labute approximate surface area is 165 Å². The molecular formula is C22H26N4O2. The summed E-state index contributed by atoms with van der Waals surface area (Å²) in [6.07, 6.45) is 3.69. The molecule has 1 aromatic carbocycles. The van der Waals surface area contributed by atoms with E-state index < -0.39 is 0 Å². The Balaban J connectivity index is 1.40. The highest BCUT2D eigenvalue weighted by Gasteiger charge is 2.22. The van der Waals surface area contributed by atoms with Gasteiger partial charge in [-0.05, 0) is 35.9 Å². The quantitative estimate of drug-likeness (QED) is 0.632. The lowest BCUT2D eigenvalue weighted by Crippen LogP contribution is -2.30. The minimum absolute atomic E-state index is 0.378. The number of pyridine rings is 1. The molecule has 146 valence electrons. The molecule has 0 saturated carbocycles. The Morgan fingerprint density at radius 3 is 2.71 bits per heavy atom. The summed E-state index contributed by atoms with van der Waals surface area (Å²) < 4.78 is 13.4. The number of ether oxygens (including phenoxy) is 2. The van der Waals surface area contributed by atoms with Gasteiger partial charge in [0.25, 0.3) is 0 Å². The second-order valence-electron chi connectivity index (χ2n) is 7.22. The third kappa shape index (κ3) is 4.77. The normalized spacial score (nSPS) is 17.1. The largest absolute Gasteiger partial charge is 0.497 e. The molecule has 1 aliphatic heterocycles. The molecule has 0 saturated heterocycles. The van der Waals surface area contributed by atoms with E-state index in [1.165, 1.54) is 11.3 Å². The molecular weight excluding hydrogens is 352 g/mol. The number of benzene rings is 1. The van der Waals surface area contributed by atoms with E-state index in [1.54, 1.807) is 13.3 Å². The van der Waals surface area contributed by atoms with Crippen LogP contribution in [-0.4, -0.2) is 39.9 Å². The van der Waals surface area contributed by atoms with Crippen LogP contribution in [0.3, 0.4) is 0 Å². The van der Waals surface area contributed by atoms with E-state index in [-0.39, 0.29) is 0 Å². The van der Waals surface area contributed by atoms with Crippen LogP contribution in [0.15, 0.2) is 60.9 Å². The van der Waals surface area contributed by atoms with Crippen molar-refractivity contribution in [3.8, 4) is 5.75 Å². The van der Waals surface area contributed by atoms with Gasteiger partial charge in [0.2, 0.25) is 0 Å². The van der Waals surface area contributed by atoms with Crippen molar-refractivity contribution in [2.24, 2.45) is 5.92 Å². The van der Waals surface area contributed by atoms with Gasteiger partial charge in [-0.25, -0.2) is 0 Å². The van der Waals surface area contributed by atoms with E-state index in [2.05, 4.69) is 37.9 Å². The molecule has 0 aliphatic carbocycles. The van der Waals surface area contributed by atoms with Crippen LogP contribution in [0.1, 0.15) is 17.0 Å². The van der Waals surface area contributed by atoms with Gasteiger partial charge in [0, 0.05) is 44.5 Å².